The van der Waals surface area contributed by atoms with Crippen molar-refractivity contribution in [3.05, 3.63) is 75.8 Å². The molecule has 0 saturated carbocycles. The van der Waals surface area contributed by atoms with Crippen LogP contribution in [-0.4, -0.2) is 47.2 Å². The highest BCUT2D eigenvalue weighted by Crippen LogP contribution is 2.29. The number of amides is 1. The van der Waals surface area contributed by atoms with Crippen LogP contribution in [0.1, 0.15) is 10.4 Å². The van der Waals surface area contributed by atoms with Gasteiger partial charge in [0.15, 0.2) is 17.5 Å². The van der Waals surface area contributed by atoms with Crippen molar-refractivity contribution in [2.75, 3.05) is 31.1 Å². The molecule has 0 spiro atoms. The SMILES string of the molecule is O=C(c1ccc(F)c(F)c1)N1CCN(c2ccc(-c3ccc(Cl)cc3Cl)nn2)CC1. The second-order valence-electron chi connectivity index (χ2n) is 6.81. The minimum absolute atomic E-state index is 0.131. The van der Waals surface area contributed by atoms with Crippen LogP contribution in [0.2, 0.25) is 10.0 Å². The lowest BCUT2D eigenvalue weighted by Gasteiger charge is -2.35. The summed E-state index contributed by atoms with van der Waals surface area (Å²) in [4.78, 5) is 16.2. The number of nitrogens with zero attached hydrogens (tertiary/aromatic N) is 4. The third-order valence-electron chi connectivity index (χ3n) is 4.91. The molecular weight excluding hydrogens is 433 g/mol. The van der Waals surface area contributed by atoms with Crippen LogP contribution in [0, 0.1) is 11.6 Å². The molecule has 0 atom stereocenters. The zero-order valence-corrected chi connectivity index (χ0v) is 17.2. The normalized spacial score (nSPS) is 14.1. The standard InChI is InChI=1S/C21H16Cl2F2N4O/c22-14-2-3-15(16(23)12-14)19-5-6-20(27-26-19)28-7-9-29(10-8-28)21(30)13-1-4-17(24)18(25)11-13/h1-6,11-12H,7-10H2. The number of hydrogen-bond acceptors (Lipinski definition) is 4. The van der Waals surface area contributed by atoms with E-state index in [2.05, 4.69) is 10.2 Å². The highest BCUT2D eigenvalue weighted by atomic mass is 35.5. The molecule has 0 unspecified atom stereocenters. The Morgan fingerprint density at radius 2 is 1.63 bits per heavy atom. The molecule has 30 heavy (non-hydrogen) atoms. The minimum Gasteiger partial charge on any atom is -0.352 e. The van der Waals surface area contributed by atoms with Gasteiger partial charge in [0.2, 0.25) is 0 Å². The molecule has 154 valence electrons. The average Bonchev–Trinajstić information content (AvgIpc) is 2.75. The van der Waals surface area contributed by atoms with E-state index < -0.39 is 11.6 Å². The second-order valence-corrected chi connectivity index (χ2v) is 7.65. The van der Waals surface area contributed by atoms with E-state index in [0.29, 0.717) is 47.7 Å². The summed E-state index contributed by atoms with van der Waals surface area (Å²) in [7, 11) is 0. The number of carbonyl (C=O) groups is 1. The molecule has 9 heteroatoms. The van der Waals surface area contributed by atoms with Crippen LogP contribution in [0.25, 0.3) is 11.3 Å². The van der Waals surface area contributed by atoms with Gasteiger partial charge in [0, 0.05) is 42.3 Å². The number of benzene rings is 2. The maximum atomic E-state index is 13.4. The summed E-state index contributed by atoms with van der Waals surface area (Å²) < 4.78 is 26.5. The van der Waals surface area contributed by atoms with Crippen molar-refractivity contribution in [1.29, 1.82) is 0 Å². The Morgan fingerprint density at radius 1 is 0.867 bits per heavy atom. The summed E-state index contributed by atoms with van der Waals surface area (Å²) in [6.07, 6.45) is 0. The van der Waals surface area contributed by atoms with Gasteiger partial charge in [-0.3, -0.25) is 4.79 Å². The fourth-order valence-corrected chi connectivity index (χ4v) is 3.79. The predicted molar refractivity (Wildman–Crippen MR) is 112 cm³/mol. The maximum Gasteiger partial charge on any atom is 0.254 e. The molecule has 0 aliphatic carbocycles. The van der Waals surface area contributed by atoms with Gasteiger partial charge in [0.1, 0.15) is 0 Å². The van der Waals surface area contributed by atoms with Gasteiger partial charge in [0.25, 0.3) is 5.91 Å². The Hall–Kier alpha value is -2.77. The fraction of sp³-hybridized carbons (Fsp3) is 0.190. The molecule has 3 aromatic rings. The summed E-state index contributed by atoms with van der Waals surface area (Å²) in [5.74, 6) is -1.65. The van der Waals surface area contributed by atoms with Gasteiger partial charge >= 0.3 is 0 Å². The Kier molecular flexibility index (Phi) is 5.83. The first-order valence-corrected chi connectivity index (χ1v) is 9.96. The summed E-state index contributed by atoms with van der Waals surface area (Å²) in [6, 6.07) is 12.0. The summed E-state index contributed by atoms with van der Waals surface area (Å²) in [5.41, 5.74) is 1.50. The molecule has 1 aliphatic heterocycles. The molecule has 1 fully saturated rings. The second kappa shape index (κ2) is 8.53. The minimum atomic E-state index is -1.03. The Bertz CT molecular complexity index is 1090. The average molecular weight is 449 g/mol. The fourth-order valence-electron chi connectivity index (χ4n) is 3.29. The molecule has 2 heterocycles. The van der Waals surface area contributed by atoms with Crippen LogP contribution >= 0.6 is 23.2 Å². The first-order valence-electron chi connectivity index (χ1n) is 9.21. The molecule has 4 rings (SSSR count). The summed E-state index contributed by atoms with van der Waals surface area (Å²) in [5, 5.41) is 9.58. The zero-order valence-electron chi connectivity index (χ0n) is 15.7. The van der Waals surface area contributed by atoms with E-state index in [1.54, 1.807) is 23.1 Å². The molecule has 1 aliphatic rings. The zero-order chi connectivity index (χ0) is 21.3. The van der Waals surface area contributed by atoms with Gasteiger partial charge in [-0.2, -0.15) is 0 Å². The molecule has 0 N–H and O–H groups in total. The van der Waals surface area contributed by atoms with E-state index >= 15 is 0 Å². The number of halogens is 4. The topological polar surface area (TPSA) is 49.3 Å². The van der Waals surface area contributed by atoms with Crippen molar-refractivity contribution in [3.8, 4) is 11.3 Å². The maximum absolute atomic E-state index is 13.4. The molecule has 0 radical (unpaired) electrons. The molecule has 0 bridgehead atoms. The van der Waals surface area contributed by atoms with Crippen molar-refractivity contribution in [2.24, 2.45) is 0 Å². The van der Waals surface area contributed by atoms with Crippen LogP contribution in [0.4, 0.5) is 14.6 Å². The van der Waals surface area contributed by atoms with E-state index in [0.717, 1.165) is 17.7 Å². The van der Waals surface area contributed by atoms with Crippen molar-refractivity contribution in [2.45, 2.75) is 0 Å². The Balaban J connectivity index is 1.41. The van der Waals surface area contributed by atoms with Crippen LogP contribution in [-0.2, 0) is 0 Å². The quantitative estimate of drug-likeness (QED) is 0.582. The third-order valence-corrected chi connectivity index (χ3v) is 5.46. The lowest BCUT2D eigenvalue weighted by molar-refractivity contribution is 0.0746. The first kappa shape index (κ1) is 20.5. The Labute approximate surface area is 181 Å². The smallest absolute Gasteiger partial charge is 0.254 e. The third kappa shape index (κ3) is 4.22. The van der Waals surface area contributed by atoms with Crippen molar-refractivity contribution in [1.82, 2.24) is 15.1 Å². The summed E-state index contributed by atoms with van der Waals surface area (Å²) >= 11 is 12.2. The molecule has 1 saturated heterocycles. The lowest BCUT2D eigenvalue weighted by atomic mass is 10.1. The number of aromatic nitrogens is 2. The van der Waals surface area contributed by atoms with Gasteiger partial charge < -0.3 is 9.80 Å². The van der Waals surface area contributed by atoms with Gasteiger partial charge in [-0.25, -0.2) is 8.78 Å². The monoisotopic (exact) mass is 448 g/mol. The highest BCUT2D eigenvalue weighted by molar-refractivity contribution is 6.36. The Morgan fingerprint density at radius 3 is 2.27 bits per heavy atom. The predicted octanol–water partition coefficient (Wildman–Crippen LogP) is 4.69. The van der Waals surface area contributed by atoms with Crippen LogP contribution in [0.3, 0.4) is 0 Å². The molecular formula is C21H16Cl2F2N4O. The number of piperazine rings is 1. The number of hydrogen-bond donors (Lipinski definition) is 0. The van der Waals surface area contributed by atoms with Crippen LogP contribution in [0.15, 0.2) is 48.5 Å². The molecule has 1 aromatic heterocycles. The molecule has 1 amide bonds. The largest absolute Gasteiger partial charge is 0.352 e. The number of anilines is 1. The lowest BCUT2D eigenvalue weighted by Crippen LogP contribution is -2.49. The van der Waals surface area contributed by atoms with E-state index in [1.807, 2.05) is 17.0 Å². The van der Waals surface area contributed by atoms with Gasteiger partial charge in [0.05, 0.1) is 10.7 Å². The van der Waals surface area contributed by atoms with Gasteiger partial charge in [-0.1, -0.05) is 23.2 Å². The van der Waals surface area contributed by atoms with Gasteiger partial charge in [-0.05, 0) is 48.5 Å². The van der Waals surface area contributed by atoms with Crippen molar-refractivity contribution in [3.63, 3.8) is 0 Å². The van der Waals surface area contributed by atoms with Gasteiger partial charge in [-0.15, -0.1) is 10.2 Å². The molecule has 5 nitrogen and oxygen atoms in total. The number of carbonyl (C=O) groups excluding carboxylic acids is 1. The summed E-state index contributed by atoms with van der Waals surface area (Å²) in [6.45, 7) is 1.96. The van der Waals surface area contributed by atoms with Crippen LogP contribution in [0.5, 0.6) is 0 Å². The number of rotatable bonds is 3. The van der Waals surface area contributed by atoms with E-state index in [1.165, 1.54) is 6.07 Å². The first-order chi connectivity index (χ1) is 14.4. The van der Waals surface area contributed by atoms with E-state index in [4.69, 9.17) is 23.2 Å². The highest BCUT2D eigenvalue weighted by Gasteiger charge is 2.24. The van der Waals surface area contributed by atoms with E-state index in [9.17, 15) is 13.6 Å². The molecule has 2 aromatic carbocycles. The van der Waals surface area contributed by atoms with Crippen LogP contribution < -0.4 is 4.90 Å². The van der Waals surface area contributed by atoms with E-state index in [-0.39, 0.29) is 11.5 Å². The van der Waals surface area contributed by atoms with Crippen molar-refractivity contribution < 1.29 is 13.6 Å². The van der Waals surface area contributed by atoms with Crippen molar-refractivity contribution >= 4 is 34.9 Å².